The first kappa shape index (κ1) is 27.3. The van der Waals surface area contributed by atoms with E-state index >= 15 is 0 Å². The van der Waals surface area contributed by atoms with Crippen LogP contribution in [0.3, 0.4) is 0 Å². The summed E-state index contributed by atoms with van der Waals surface area (Å²) in [6, 6.07) is 18.1. The van der Waals surface area contributed by atoms with Crippen molar-refractivity contribution in [2.75, 3.05) is 5.75 Å². The second kappa shape index (κ2) is 12.6. The molecule has 0 bridgehead atoms. The normalized spacial score (nSPS) is 13.9. The van der Waals surface area contributed by atoms with Crippen molar-refractivity contribution < 1.29 is 15.0 Å². The Morgan fingerprint density at radius 1 is 1.14 bits per heavy atom. The molecule has 0 fully saturated rings. The summed E-state index contributed by atoms with van der Waals surface area (Å²) in [6.45, 7) is 5.35. The lowest BCUT2D eigenvalue weighted by Crippen LogP contribution is -2.29. The Morgan fingerprint density at radius 3 is 2.66 bits per heavy atom. The number of hydrogen-bond acceptors (Lipinski definition) is 5. The maximum atomic E-state index is 11.1. The van der Waals surface area contributed by atoms with Crippen molar-refractivity contribution in [3.63, 3.8) is 0 Å². The molecule has 0 aliphatic rings. The third kappa shape index (κ3) is 8.99. The molecule has 0 aliphatic carbocycles. The molecule has 35 heavy (non-hydrogen) atoms. The number of carbonyl (C=O) groups is 1. The van der Waals surface area contributed by atoms with Gasteiger partial charge in [-0.25, -0.2) is 4.98 Å². The Labute approximate surface area is 217 Å². The van der Waals surface area contributed by atoms with E-state index in [2.05, 4.69) is 30.3 Å². The summed E-state index contributed by atoms with van der Waals surface area (Å²) in [5, 5.41) is 23.1. The van der Waals surface area contributed by atoms with Gasteiger partial charge in [-0.2, -0.15) is 11.8 Å². The minimum absolute atomic E-state index is 0.223. The number of rotatable bonds is 12. The number of carboxylic acids is 1. The van der Waals surface area contributed by atoms with E-state index in [4.69, 9.17) is 16.6 Å². The van der Waals surface area contributed by atoms with Gasteiger partial charge in [0.15, 0.2) is 0 Å². The van der Waals surface area contributed by atoms with Crippen molar-refractivity contribution >= 4 is 52.4 Å². The van der Waals surface area contributed by atoms with Crippen LogP contribution < -0.4 is 5.11 Å². The molecule has 0 radical (unpaired) electrons. The summed E-state index contributed by atoms with van der Waals surface area (Å²) in [5.41, 5.74) is 3.29. The number of carboxylic acid groups (broad SMARTS) is 1. The third-order valence-corrected chi connectivity index (χ3v) is 7.53. The fourth-order valence-corrected chi connectivity index (χ4v) is 5.51. The highest BCUT2D eigenvalue weighted by Crippen LogP contribution is 2.36. The van der Waals surface area contributed by atoms with Gasteiger partial charge in [0.1, 0.15) is 0 Å². The second-order valence-electron chi connectivity index (χ2n) is 9.65. The summed E-state index contributed by atoms with van der Waals surface area (Å²) in [7, 11) is 0. The average Bonchev–Trinajstić information content (AvgIpc) is 2.80. The van der Waals surface area contributed by atoms with Crippen molar-refractivity contribution in [2.24, 2.45) is 5.92 Å². The van der Waals surface area contributed by atoms with E-state index in [-0.39, 0.29) is 5.25 Å². The van der Waals surface area contributed by atoms with Crippen LogP contribution in [0.1, 0.15) is 68.5 Å². The Morgan fingerprint density at radius 2 is 1.91 bits per heavy atom. The molecule has 4 nitrogen and oxygen atoms in total. The van der Waals surface area contributed by atoms with Crippen LogP contribution >= 0.6 is 23.4 Å². The zero-order valence-electron chi connectivity index (χ0n) is 20.5. The van der Waals surface area contributed by atoms with Gasteiger partial charge in [-0.1, -0.05) is 67.4 Å². The van der Waals surface area contributed by atoms with Gasteiger partial charge in [-0.3, -0.25) is 0 Å². The Hall–Kier alpha value is -2.34. The van der Waals surface area contributed by atoms with Gasteiger partial charge in [-0.05, 0) is 80.2 Å². The predicted octanol–water partition coefficient (Wildman–Crippen LogP) is 6.55. The summed E-state index contributed by atoms with van der Waals surface area (Å²) < 4.78 is 0. The minimum Gasteiger partial charge on any atom is -0.550 e. The average molecular weight is 511 g/mol. The second-order valence-corrected chi connectivity index (χ2v) is 11.4. The lowest BCUT2D eigenvalue weighted by atomic mass is 9.99. The van der Waals surface area contributed by atoms with Crippen molar-refractivity contribution in [1.82, 2.24) is 4.98 Å². The number of fused-ring (bicyclic) bond motifs is 1. The molecule has 1 heterocycles. The topological polar surface area (TPSA) is 73.2 Å². The van der Waals surface area contributed by atoms with Crippen molar-refractivity contribution in [3.8, 4) is 0 Å². The fourth-order valence-electron chi connectivity index (χ4n) is 3.77. The van der Waals surface area contributed by atoms with Crippen LogP contribution in [0.4, 0.5) is 0 Å². The lowest BCUT2D eigenvalue weighted by Gasteiger charge is -2.22. The number of aliphatic carboxylic acids is 1. The first-order chi connectivity index (χ1) is 16.6. The highest BCUT2D eigenvalue weighted by atomic mass is 35.5. The van der Waals surface area contributed by atoms with Crippen LogP contribution in [0, 0.1) is 5.92 Å². The first-order valence-electron chi connectivity index (χ1n) is 12.0. The van der Waals surface area contributed by atoms with Gasteiger partial charge in [0.25, 0.3) is 0 Å². The van der Waals surface area contributed by atoms with Crippen LogP contribution in [-0.2, 0) is 4.79 Å². The monoisotopic (exact) mass is 510 g/mol. The van der Waals surface area contributed by atoms with Crippen LogP contribution in [-0.4, -0.2) is 27.4 Å². The van der Waals surface area contributed by atoms with E-state index in [1.54, 1.807) is 6.92 Å². The number of nitrogens with zero attached hydrogens (tertiary/aromatic N) is 1. The van der Waals surface area contributed by atoms with Crippen molar-refractivity contribution in [1.29, 1.82) is 0 Å². The maximum absolute atomic E-state index is 11.1. The number of thioether (sulfide) groups is 1. The van der Waals surface area contributed by atoms with E-state index in [1.165, 1.54) is 5.56 Å². The summed E-state index contributed by atoms with van der Waals surface area (Å²) in [6.07, 6.45) is 7.02. The molecule has 0 saturated heterocycles. The van der Waals surface area contributed by atoms with E-state index in [0.29, 0.717) is 17.9 Å². The number of aromatic nitrogens is 1. The molecule has 3 rings (SSSR count). The molecule has 0 saturated carbocycles. The standard InChI is InChI=1S/C29H34ClNO3S/c1-20(28(32)33)6-4-9-27(35-17-16-29(2,3)34)23-8-5-7-21(18-23)10-14-25-15-12-22-11-13-24(30)19-26(22)31-25/h5,7-8,10-15,18-20,27,34H,4,6,9,16-17H2,1-3H3,(H,32,33)/p-1/b14-10+/t20-,27+/m1/s1. The Balaban J connectivity index is 1.74. The number of benzene rings is 2. The Bertz CT molecular complexity index is 1170. The molecule has 1 N–H and O–H groups in total. The molecular weight excluding hydrogens is 478 g/mol. The highest BCUT2D eigenvalue weighted by Gasteiger charge is 2.17. The SMILES string of the molecule is C[C@H](CCC[C@H](SCCC(C)(C)O)c1cccc(/C=C/c2ccc3ccc(Cl)cc3n2)c1)C(=O)[O-]. The maximum Gasteiger partial charge on any atom is 0.0724 e. The molecule has 0 aliphatic heterocycles. The number of carbonyl (C=O) groups excluding carboxylic acids is 1. The summed E-state index contributed by atoms with van der Waals surface area (Å²) in [4.78, 5) is 15.8. The van der Waals surface area contributed by atoms with Crippen LogP contribution in [0.2, 0.25) is 5.02 Å². The van der Waals surface area contributed by atoms with Gasteiger partial charge in [0.2, 0.25) is 0 Å². The quantitative estimate of drug-likeness (QED) is 0.299. The van der Waals surface area contributed by atoms with E-state index in [9.17, 15) is 15.0 Å². The third-order valence-electron chi connectivity index (χ3n) is 5.94. The largest absolute Gasteiger partial charge is 0.550 e. The molecule has 2 aromatic carbocycles. The van der Waals surface area contributed by atoms with Crippen LogP contribution in [0.25, 0.3) is 23.1 Å². The molecule has 1 aromatic heterocycles. The zero-order valence-corrected chi connectivity index (χ0v) is 22.1. The minimum atomic E-state index is -0.993. The lowest BCUT2D eigenvalue weighted by molar-refractivity contribution is -0.311. The van der Waals surface area contributed by atoms with Crippen LogP contribution in [0.15, 0.2) is 54.6 Å². The molecule has 0 amide bonds. The van der Waals surface area contributed by atoms with Gasteiger partial charge in [0.05, 0.1) is 16.8 Å². The van der Waals surface area contributed by atoms with E-state index < -0.39 is 17.5 Å². The number of halogens is 1. The molecule has 6 heteroatoms. The predicted molar refractivity (Wildman–Crippen MR) is 146 cm³/mol. The van der Waals surface area contributed by atoms with E-state index in [1.807, 2.05) is 62.0 Å². The highest BCUT2D eigenvalue weighted by molar-refractivity contribution is 7.99. The van der Waals surface area contributed by atoms with Gasteiger partial charge >= 0.3 is 0 Å². The molecule has 3 aromatic rings. The summed E-state index contributed by atoms with van der Waals surface area (Å²) in [5.74, 6) is -0.614. The van der Waals surface area contributed by atoms with Gasteiger partial charge < -0.3 is 15.0 Å². The van der Waals surface area contributed by atoms with Crippen LogP contribution in [0.5, 0.6) is 0 Å². The number of hydrogen-bond donors (Lipinski definition) is 1. The van der Waals surface area contributed by atoms with Crippen molar-refractivity contribution in [3.05, 3.63) is 76.4 Å². The van der Waals surface area contributed by atoms with E-state index in [0.717, 1.165) is 40.8 Å². The number of aliphatic hydroxyl groups is 1. The Kier molecular flexibility index (Phi) is 9.79. The molecule has 186 valence electrons. The van der Waals surface area contributed by atoms with Gasteiger partial charge in [0, 0.05) is 21.6 Å². The zero-order chi connectivity index (χ0) is 25.4. The smallest absolute Gasteiger partial charge is 0.0724 e. The fraction of sp³-hybridized carbons (Fsp3) is 0.379. The first-order valence-corrected chi connectivity index (χ1v) is 13.4. The van der Waals surface area contributed by atoms with Crippen molar-refractivity contribution in [2.45, 2.75) is 57.3 Å². The summed E-state index contributed by atoms with van der Waals surface area (Å²) >= 11 is 7.93. The molecule has 2 atom stereocenters. The van der Waals surface area contributed by atoms with Gasteiger partial charge in [-0.15, -0.1) is 0 Å². The molecule has 0 unspecified atom stereocenters. The molecule has 0 spiro atoms. The molecular formula is C29H33ClNO3S-. The number of pyridine rings is 1.